The summed E-state index contributed by atoms with van der Waals surface area (Å²) in [5.41, 5.74) is 1.42. The molecule has 0 aliphatic rings. The van der Waals surface area contributed by atoms with Gasteiger partial charge in [-0.15, -0.1) is 11.3 Å². The van der Waals surface area contributed by atoms with Gasteiger partial charge in [0.1, 0.15) is 23.0 Å². The molecule has 0 saturated heterocycles. The molecule has 0 spiro atoms. The highest BCUT2D eigenvalue weighted by molar-refractivity contribution is 7.22. The van der Waals surface area contributed by atoms with E-state index < -0.39 is 11.9 Å². The quantitative estimate of drug-likeness (QED) is 0.514. The number of aromatic nitrogens is 4. The Kier molecular flexibility index (Phi) is 4.69. The van der Waals surface area contributed by atoms with Gasteiger partial charge in [-0.2, -0.15) is 0 Å². The Morgan fingerprint density at radius 2 is 2.07 bits per heavy atom. The monoisotopic (exact) mass is 401 g/mol. The Labute approximate surface area is 162 Å². The number of aliphatic hydroxyl groups excluding tert-OH is 1. The van der Waals surface area contributed by atoms with E-state index in [4.69, 9.17) is 11.6 Å². The number of hydrogen-bond acceptors (Lipinski definition) is 7. The summed E-state index contributed by atoms with van der Waals surface area (Å²) in [6.07, 6.45) is 2.26. The number of aliphatic hydroxyl groups is 1. The zero-order valence-electron chi connectivity index (χ0n) is 14.0. The first kappa shape index (κ1) is 17.7. The van der Waals surface area contributed by atoms with Crippen molar-refractivity contribution in [2.45, 2.75) is 13.0 Å². The fourth-order valence-electron chi connectivity index (χ4n) is 2.54. The number of halogens is 2. The zero-order chi connectivity index (χ0) is 19.0. The van der Waals surface area contributed by atoms with E-state index in [-0.39, 0.29) is 5.56 Å². The average molecular weight is 402 g/mol. The first-order chi connectivity index (χ1) is 13.0. The van der Waals surface area contributed by atoms with E-state index in [1.54, 1.807) is 37.4 Å². The minimum atomic E-state index is -0.712. The van der Waals surface area contributed by atoms with E-state index >= 15 is 0 Å². The maximum Gasteiger partial charge on any atom is 0.151 e. The molecule has 0 radical (unpaired) electrons. The van der Waals surface area contributed by atoms with Crippen LogP contribution in [0.3, 0.4) is 0 Å². The molecule has 0 saturated carbocycles. The van der Waals surface area contributed by atoms with Crippen LogP contribution in [-0.2, 0) is 0 Å². The number of hydrogen-bond donors (Lipinski definition) is 2. The highest BCUT2D eigenvalue weighted by atomic mass is 35.5. The highest BCUT2D eigenvalue weighted by Crippen LogP contribution is 2.38. The van der Waals surface area contributed by atoms with Crippen molar-refractivity contribution in [3.8, 4) is 10.6 Å². The lowest BCUT2D eigenvalue weighted by Gasteiger charge is -2.08. The van der Waals surface area contributed by atoms with E-state index in [1.807, 2.05) is 0 Å². The molecule has 27 heavy (non-hydrogen) atoms. The number of benzene rings is 1. The van der Waals surface area contributed by atoms with Crippen molar-refractivity contribution in [1.82, 2.24) is 19.9 Å². The topological polar surface area (TPSA) is 83.8 Å². The second-order valence-electron chi connectivity index (χ2n) is 5.75. The van der Waals surface area contributed by atoms with Gasteiger partial charge in [-0.25, -0.2) is 24.3 Å². The average Bonchev–Trinajstić information content (AvgIpc) is 3.06. The third-order valence-corrected chi connectivity index (χ3v) is 5.25. The van der Waals surface area contributed by atoms with Gasteiger partial charge in [0, 0.05) is 12.3 Å². The summed E-state index contributed by atoms with van der Waals surface area (Å²) in [6, 6.07) is 7.92. The van der Waals surface area contributed by atoms with Crippen LogP contribution in [0.25, 0.3) is 20.8 Å². The van der Waals surface area contributed by atoms with E-state index in [2.05, 4.69) is 25.3 Å². The summed E-state index contributed by atoms with van der Waals surface area (Å²) in [6.45, 7) is 1.62. The molecule has 0 aliphatic heterocycles. The van der Waals surface area contributed by atoms with Crippen molar-refractivity contribution >= 4 is 44.8 Å². The molecule has 4 aromatic rings. The van der Waals surface area contributed by atoms with Crippen LogP contribution in [0, 0.1) is 5.82 Å². The first-order valence-electron chi connectivity index (χ1n) is 8.00. The molecule has 6 nitrogen and oxygen atoms in total. The van der Waals surface area contributed by atoms with Gasteiger partial charge in [0.2, 0.25) is 0 Å². The maximum absolute atomic E-state index is 14.2. The molecular formula is C18H13ClFN5OS. The Morgan fingerprint density at radius 3 is 2.85 bits per heavy atom. The van der Waals surface area contributed by atoms with Crippen molar-refractivity contribution in [3.05, 3.63) is 59.4 Å². The molecule has 1 aromatic carbocycles. The van der Waals surface area contributed by atoms with E-state index in [9.17, 15) is 9.50 Å². The molecule has 4 rings (SSSR count). The predicted molar refractivity (Wildman–Crippen MR) is 104 cm³/mol. The van der Waals surface area contributed by atoms with Gasteiger partial charge >= 0.3 is 0 Å². The van der Waals surface area contributed by atoms with Crippen LogP contribution in [0.2, 0.25) is 5.02 Å². The second-order valence-corrected chi connectivity index (χ2v) is 7.16. The van der Waals surface area contributed by atoms with E-state index in [0.29, 0.717) is 32.9 Å². The SMILES string of the molecule is C[C@H](O)c1cc(Nc2nccc3nc(-c4c(F)cccc4Cl)sc23)ncn1. The summed E-state index contributed by atoms with van der Waals surface area (Å²) in [7, 11) is 0. The Hall–Kier alpha value is -2.68. The van der Waals surface area contributed by atoms with Crippen LogP contribution >= 0.6 is 22.9 Å². The Balaban J connectivity index is 1.77. The number of nitrogens with one attached hydrogen (secondary N) is 1. The largest absolute Gasteiger partial charge is 0.387 e. The number of anilines is 2. The minimum absolute atomic E-state index is 0.268. The van der Waals surface area contributed by atoms with Crippen LogP contribution in [0.5, 0.6) is 0 Å². The predicted octanol–water partition coefficient (Wildman–Crippen LogP) is 4.74. The number of pyridine rings is 1. The molecule has 0 aliphatic carbocycles. The first-order valence-corrected chi connectivity index (χ1v) is 9.19. The van der Waals surface area contributed by atoms with Gasteiger partial charge in [-0.3, -0.25) is 0 Å². The number of fused-ring (bicyclic) bond motifs is 1. The van der Waals surface area contributed by atoms with Gasteiger partial charge in [0.05, 0.1) is 32.6 Å². The fraction of sp³-hybridized carbons (Fsp3) is 0.111. The minimum Gasteiger partial charge on any atom is -0.387 e. The van der Waals surface area contributed by atoms with E-state index in [1.165, 1.54) is 23.7 Å². The summed E-state index contributed by atoms with van der Waals surface area (Å²) in [5, 5.41) is 13.6. The lowest BCUT2D eigenvalue weighted by atomic mass is 10.2. The van der Waals surface area contributed by atoms with E-state index in [0.717, 1.165) is 4.70 Å². The number of rotatable bonds is 4. The maximum atomic E-state index is 14.2. The van der Waals surface area contributed by atoms with Crippen molar-refractivity contribution in [3.63, 3.8) is 0 Å². The van der Waals surface area contributed by atoms with Crippen LogP contribution in [-0.4, -0.2) is 25.0 Å². The van der Waals surface area contributed by atoms with Gasteiger partial charge in [0.15, 0.2) is 5.82 Å². The smallest absolute Gasteiger partial charge is 0.151 e. The Morgan fingerprint density at radius 1 is 1.22 bits per heavy atom. The molecular weight excluding hydrogens is 389 g/mol. The molecule has 1 atom stereocenters. The molecule has 3 heterocycles. The van der Waals surface area contributed by atoms with Gasteiger partial charge in [0.25, 0.3) is 0 Å². The second kappa shape index (κ2) is 7.15. The summed E-state index contributed by atoms with van der Waals surface area (Å²) in [4.78, 5) is 17.0. The highest BCUT2D eigenvalue weighted by Gasteiger charge is 2.17. The standard InChI is InChI=1S/C18H13ClFN5OS/c1-9(26)13-7-14(23-8-22-13)25-17-16-12(5-6-21-17)24-18(27-16)15-10(19)3-2-4-11(15)20/h2-9,26H,1H3,(H,21,22,23,25)/t9-/m0/s1. The molecule has 0 bridgehead atoms. The van der Waals surface area contributed by atoms with Crippen molar-refractivity contribution in [2.75, 3.05) is 5.32 Å². The number of nitrogens with zero attached hydrogens (tertiary/aromatic N) is 4. The molecule has 0 unspecified atom stereocenters. The summed E-state index contributed by atoms with van der Waals surface area (Å²) in [5.74, 6) is 0.583. The zero-order valence-corrected chi connectivity index (χ0v) is 15.6. The normalized spacial score (nSPS) is 12.3. The fourth-order valence-corrected chi connectivity index (χ4v) is 3.92. The van der Waals surface area contributed by atoms with Gasteiger partial charge in [-0.05, 0) is 25.1 Å². The number of thiazole rings is 1. The van der Waals surface area contributed by atoms with Gasteiger partial charge < -0.3 is 10.4 Å². The summed E-state index contributed by atoms with van der Waals surface area (Å²) >= 11 is 7.44. The molecule has 3 aromatic heterocycles. The van der Waals surface area contributed by atoms with Crippen LogP contribution in [0.15, 0.2) is 42.9 Å². The molecule has 2 N–H and O–H groups in total. The molecule has 0 fully saturated rings. The van der Waals surface area contributed by atoms with Gasteiger partial charge in [-0.1, -0.05) is 17.7 Å². The third-order valence-electron chi connectivity index (χ3n) is 3.84. The van der Waals surface area contributed by atoms with Crippen molar-refractivity contribution in [2.24, 2.45) is 0 Å². The Bertz CT molecular complexity index is 1110. The van der Waals surface area contributed by atoms with Crippen molar-refractivity contribution in [1.29, 1.82) is 0 Å². The lowest BCUT2D eigenvalue weighted by molar-refractivity contribution is 0.194. The molecule has 9 heteroatoms. The molecule has 0 amide bonds. The van der Waals surface area contributed by atoms with Crippen molar-refractivity contribution < 1.29 is 9.50 Å². The van der Waals surface area contributed by atoms with Crippen LogP contribution in [0.4, 0.5) is 16.0 Å². The van der Waals surface area contributed by atoms with Crippen LogP contribution < -0.4 is 5.32 Å². The third kappa shape index (κ3) is 3.46. The summed E-state index contributed by atoms with van der Waals surface area (Å²) < 4.78 is 15.0. The molecule has 136 valence electrons. The van der Waals surface area contributed by atoms with Crippen LogP contribution in [0.1, 0.15) is 18.7 Å². The lowest BCUT2D eigenvalue weighted by Crippen LogP contribution is -2.01.